The number of hydrogen-bond acceptors (Lipinski definition) is 5. The first-order valence-electron chi connectivity index (χ1n) is 10.4. The average molecular weight is 384 g/mol. The summed E-state index contributed by atoms with van der Waals surface area (Å²) in [6, 6.07) is 8.38. The highest BCUT2D eigenvalue weighted by molar-refractivity contribution is 5.95. The third-order valence-corrected chi connectivity index (χ3v) is 7.89. The van der Waals surface area contributed by atoms with E-state index in [-0.39, 0.29) is 29.3 Å². The molecule has 1 amide bonds. The van der Waals surface area contributed by atoms with Crippen LogP contribution in [0.3, 0.4) is 0 Å². The van der Waals surface area contributed by atoms with Crippen LogP contribution in [-0.4, -0.2) is 54.2 Å². The molecule has 1 aliphatic carbocycles. The molecule has 3 heterocycles. The fourth-order valence-electron chi connectivity index (χ4n) is 6.68. The minimum Gasteiger partial charge on any atom is -0.469 e. The van der Waals surface area contributed by atoms with Crippen molar-refractivity contribution in [2.45, 2.75) is 49.7 Å². The lowest BCUT2D eigenvalue weighted by Gasteiger charge is -2.51. The van der Waals surface area contributed by atoms with Gasteiger partial charge in [0, 0.05) is 30.1 Å². The second-order valence-electron chi connectivity index (χ2n) is 9.04. The highest BCUT2D eigenvalue weighted by Gasteiger charge is 2.58. The van der Waals surface area contributed by atoms with E-state index in [2.05, 4.69) is 16.3 Å². The molecular formula is C22H28N2O4. The number of esters is 1. The minimum absolute atomic E-state index is 0.0795. The van der Waals surface area contributed by atoms with E-state index < -0.39 is 12.0 Å². The standard InChI is InChI=1S/C22H28N2O4/c1-28-21(27)20-14-10-18-22(8-9-24(18)12-13(14)6-7-17(20)25)11-19(26)23-16-5-3-2-4-15(16)22/h2-5,13-14,17-18,20,25H,6-12H2,1H3,(H,23,26)/t13-,14-,17-,18-,20+,22-/m0/s1. The number of methoxy groups -OCH3 is 1. The molecule has 2 N–H and O–H groups in total. The van der Waals surface area contributed by atoms with Crippen LogP contribution in [0.1, 0.15) is 37.7 Å². The van der Waals surface area contributed by atoms with E-state index in [1.165, 1.54) is 12.7 Å². The van der Waals surface area contributed by atoms with Crippen molar-refractivity contribution in [1.82, 2.24) is 4.90 Å². The molecule has 0 aromatic heterocycles. The Balaban J connectivity index is 1.53. The first-order chi connectivity index (χ1) is 13.5. The number of rotatable bonds is 1. The number of nitrogens with one attached hydrogen (secondary N) is 1. The normalized spacial score (nSPS) is 39.6. The van der Waals surface area contributed by atoms with E-state index in [4.69, 9.17) is 4.74 Å². The van der Waals surface area contributed by atoms with Crippen LogP contribution in [0.2, 0.25) is 0 Å². The van der Waals surface area contributed by atoms with Crippen LogP contribution in [0.5, 0.6) is 0 Å². The van der Waals surface area contributed by atoms with E-state index in [0.29, 0.717) is 18.8 Å². The van der Waals surface area contributed by atoms with Crippen LogP contribution < -0.4 is 5.32 Å². The molecule has 0 radical (unpaired) electrons. The van der Waals surface area contributed by atoms with Gasteiger partial charge in [0.1, 0.15) is 0 Å². The summed E-state index contributed by atoms with van der Waals surface area (Å²) in [5, 5.41) is 13.6. The Morgan fingerprint density at radius 3 is 2.96 bits per heavy atom. The lowest BCUT2D eigenvalue weighted by Crippen LogP contribution is -2.57. The van der Waals surface area contributed by atoms with Gasteiger partial charge in [-0.2, -0.15) is 0 Å². The maximum Gasteiger partial charge on any atom is 0.311 e. The van der Waals surface area contributed by atoms with Crippen LogP contribution in [-0.2, 0) is 19.7 Å². The highest BCUT2D eigenvalue weighted by atomic mass is 16.5. The third-order valence-electron chi connectivity index (χ3n) is 7.89. The summed E-state index contributed by atoms with van der Waals surface area (Å²) in [6.45, 7) is 1.93. The largest absolute Gasteiger partial charge is 0.469 e. The highest BCUT2D eigenvalue weighted by Crippen LogP contribution is 2.54. The average Bonchev–Trinajstić information content (AvgIpc) is 3.03. The zero-order valence-electron chi connectivity index (χ0n) is 16.3. The van der Waals surface area contributed by atoms with Gasteiger partial charge in [-0.05, 0) is 55.7 Å². The van der Waals surface area contributed by atoms with E-state index >= 15 is 0 Å². The molecule has 5 rings (SSSR count). The number of benzene rings is 1. The van der Waals surface area contributed by atoms with E-state index in [1.807, 2.05) is 18.2 Å². The fraction of sp³-hybridized carbons (Fsp3) is 0.636. The van der Waals surface area contributed by atoms with Crippen molar-refractivity contribution >= 4 is 17.6 Å². The van der Waals surface area contributed by atoms with E-state index in [9.17, 15) is 14.7 Å². The molecule has 6 atom stereocenters. The number of anilines is 1. The molecule has 0 bridgehead atoms. The molecule has 0 unspecified atom stereocenters. The van der Waals surface area contributed by atoms with Crippen LogP contribution in [0.25, 0.3) is 0 Å². The van der Waals surface area contributed by atoms with Gasteiger partial charge in [0.25, 0.3) is 0 Å². The maximum absolute atomic E-state index is 12.6. The Morgan fingerprint density at radius 1 is 1.32 bits per heavy atom. The number of fused-ring (bicyclic) bond motifs is 5. The summed E-state index contributed by atoms with van der Waals surface area (Å²) in [4.78, 5) is 27.6. The van der Waals surface area contributed by atoms with Crippen molar-refractivity contribution in [3.8, 4) is 0 Å². The molecule has 4 aliphatic rings. The molecular weight excluding hydrogens is 356 g/mol. The van der Waals surface area contributed by atoms with Gasteiger partial charge in [0.05, 0.1) is 19.1 Å². The number of para-hydroxylation sites is 1. The van der Waals surface area contributed by atoms with Gasteiger partial charge in [-0.3, -0.25) is 14.5 Å². The predicted octanol–water partition coefficient (Wildman–Crippen LogP) is 1.92. The second kappa shape index (κ2) is 6.56. The topological polar surface area (TPSA) is 78.9 Å². The van der Waals surface area contributed by atoms with Crippen LogP contribution >= 0.6 is 0 Å². The summed E-state index contributed by atoms with van der Waals surface area (Å²) >= 11 is 0. The Hall–Kier alpha value is -1.92. The number of piperidine rings is 1. The molecule has 1 spiro atoms. The van der Waals surface area contributed by atoms with Crippen LogP contribution in [0.4, 0.5) is 5.69 Å². The predicted molar refractivity (Wildman–Crippen MR) is 104 cm³/mol. The van der Waals surface area contributed by atoms with Crippen molar-refractivity contribution < 1.29 is 19.4 Å². The monoisotopic (exact) mass is 384 g/mol. The second-order valence-corrected chi connectivity index (χ2v) is 9.04. The smallest absolute Gasteiger partial charge is 0.311 e. The Labute approximate surface area is 165 Å². The summed E-state index contributed by atoms with van der Waals surface area (Å²) in [5.74, 6) is -0.132. The number of hydrogen-bond donors (Lipinski definition) is 2. The lowest BCUT2D eigenvalue weighted by atomic mass is 9.60. The molecule has 3 aliphatic heterocycles. The molecule has 6 nitrogen and oxygen atoms in total. The number of carbonyl (C=O) groups excluding carboxylic acids is 2. The van der Waals surface area contributed by atoms with Crippen LogP contribution in [0.15, 0.2) is 24.3 Å². The van der Waals surface area contributed by atoms with E-state index in [1.54, 1.807) is 0 Å². The van der Waals surface area contributed by atoms with Crippen molar-refractivity contribution in [3.05, 3.63) is 29.8 Å². The van der Waals surface area contributed by atoms with Gasteiger partial charge >= 0.3 is 5.97 Å². The molecule has 2 saturated heterocycles. The van der Waals surface area contributed by atoms with Gasteiger partial charge in [-0.1, -0.05) is 18.2 Å². The van der Waals surface area contributed by atoms with Crippen molar-refractivity contribution in [2.24, 2.45) is 17.8 Å². The summed E-state index contributed by atoms with van der Waals surface area (Å²) in [5.41, 5.74) is 1.95. The Kier molecular flexibility index (Phi) is 4.25. The first kappa shape index (κ1) is 18.1. The zero-order valence-corrected chi connectivity index (χ0v) is 16.3. The van der Waals surface area contributed by atoms with Crippen molar-refractivity contribution in [3.63, 3.8) is 0 Å². The van der Waals surface area contributed by atoms with Gasteiger partial charge < -0.3 is 15.2 Å². The Bertz CT molecular complexity index is 811. The van der Waals surface area contributed by atoms with Gasteiger partial charge in [-0.15, -0.1) is 0 Å². The number of amides is 1. The zero-order chi connectivity index (χ0) is 19.5. The van der Waals surface area contributed by atoms with Crippen molar-refractivity contribution in [2.75, 3.05) is 25.5 Å². The molecule has 3 fully saturated rings. The number of aliphatic hydroxyl groups excluding tert-OH is 1. The molecule has 1 aromatic rings. The number of aliphatic hydroxyl groups is 1. The minimum atomic E-state index is -0.625. The molecule has 1 saturated carbocycles. The third kappa shape index (κ3) is 2.54. The quantitative estimate of drug-likeness (QED) is 0.724. The summed E-state index contributed by atoms with van der Waals surface area (Å²) in [7, 11) is 1.41. The van der Waals surface area contributed by atoms with E-state index in [0.717, 1.165) is 38.0 Å². The summed E-state index contributed by atoms with van der Waals surface area (Å²) < 4.78 is 5.05. The Morgan fingerprint density at radius 2 is 2.14 bits per heavy atom. The summed E-state index contributed by atoms with van der Waals surface area (Å²) in [6.07, 6.45) is 3.28. The fourth-order valence-corrected chi connectivity index (χ4v) is 6.68. The van der Waals surface area contributed by atoms with Gasteiger partial charge in [-0.25, -0.2) is 0 Å². The number of nitrogens with zero attached hydrogens (tertiary/aromatic N) is 1. The first-order valence-corrected chi connectivity index (χ1v) is 10.4. The molecule has 28 heavy (non-hydrogen) atoms. The van der Waals surface area contributed by atoms with Gasteiger partial charge in [0.2, 0.25) is 5.91 Å². The number of carbonyl (C=O) groups is 2. The number of ether oxygens (including phenoxy) is 1. The SMILES string of the molecule is COC(=O)[C@@H]1[C@H]2C[C@@H]3N(CC[C@@]34CC(=O)Nc3ccccc34)C[C@@H]2CC[C@@H]1O. The molecule has 150 valence electrons. The molecule has 6 heteroatoms. The molecule has 1 aromatic carbocycles. The lowest BCUT2D eigenvalue weighted by molar-refractivity contribution is -0.160. The maximum atomic E-state index is 12.6. The van der Waals surface area contributed by atoms with Crippen LogP contribution in [0, 0.1) is 17.8 Å². The van der Waals surface area contributed by atoms with Crippen molar-refractivity contribution in [1.29, 1.82) is 0 Å². The van der Waals surface area contributed by atoms with Gasteiger partial charge in [0.15, 0.2) is 0 Å².